The number of rotatable bonds is 5. The van der Waals surface area contributed by atoms with Crippen molar-refractivity contribution >= 4 is 22.3 Å². The van der Waals surface area contributed by atoms with E-state index in [0.717, 1.165) is 31.4 Å². The number of hydrogen-bond acceptors (Lipinski definition) is 14. The van der Waals surface area contributed by atoms with Crippen LogP contribution in [-0.2, 0) is 11.2 Å². The minimum atomic E-state index is -1.07. The number of anilines is 2. The first-order chi connectivity index (χ1) is 22.0. The first kappa shape index (κ1) is 32.5. The minimum Gasteiger partial charge on any atom is -0.458 e. The summed E-state index contributed by atoms with van der Waals surface area (Å²) in [6, 6.07) is 2.33. The van der Waals surface area contributed by atoms with Crippen LogP contribution in [0.5, 0.6) is 6.01 Å². The summed E-state index contributed by atoms with van der Waals surface area (Å²) in [4.78, 5) is 23.1. The first-order valence-electron chi connectivity index (χ1n) is 16.0. The molecule has 3 fully saturated rings. The number of thiophene rings is 1. The topological polar surface area (TPSA) is 173 Å². The molecule has 7 rings (SSSR count). The molecule has 15 heteroatoms. The second-order valence-electron chi connectivity index (χ2n) is 13.1. The van der Waals surface area contributed by atoms with Gasteiger partial charge in [0.15, 0.2) is 0 Å². The Bertz CT molecular complexity index is 1590. The third kappa shape index (κ3) is 6.53. The number of aliphatic hydroxyl groups is 1. The lowest BCUT2D eigenvalue weighted by atomic mass is 9.87. The standard InChI is InChI=1S/C21H30FN7O4.C10H12N2S/c1-13(21-5-4-6-29(21)10-15(22)9-21)32-19-25-16(17-23-14(2)33-27-17)24-18(26-19)28-7-8-31-12-20(3,30)11-28;1-6-3-2-4-8-9(6)7(5-11)10(12)13-8/h13,15,30H,4-12H2,1-3H3;6H,2-4,12H2,1H3/t13-,15+,20-,21-;6-/m01/s1. The number of hydrogen-bond donors (Lipinski definition) is 2. The quantitative estimate of drug-likeness (QED) is 0.407. The number of aryl methyl sites for hydroxylation is 2. The van der Waals surface area contributed by atoms with Gasteiger partial charge in [-0.25, -0.2) is 4.39 Å². The number of fused-ring (bicyclic) bond motifs is 2. The summed E-state index contributed by atoms with van der Waals surface area (Å²) in [6.45, 7) is 10.2. The maximum Gasteiger partial charge on any atom is 0.322 e. The highest BCUT2D eigenvalue weighted by Crippen LogP contribution is 2.44. The Labute approximate surface area is 271 Å². The molecule has 0 aromatic carbocycles. The molecule has 0 spiro atoms. The molecule has 1 aliphatic carbocycles. The Morgan fingerprint density at radius 2 is 2.04 bits per heavy atom. The predicted molar refractivity (Wildman–Crippen MR) is 169 cm³/mol. The highest BCUT2D eigenvalue weighted by Gasteiger charge is 2.53. The van der Waals surface area contributed by atoms with Crippen molar-refractivity contribution in [2.45, 2.75) is 95.6 Å². The number of nitrogen functional groups attached to an aromatic ring is 1. The molecule has 248 valence electrons. The molecule has 3 aromatic rings. The van der Waals surface area contributed by atoms with Crippen molar-refractivity contribution in [3.63, 3.8) is 0 Å². The lowest BCUT2D eigenvalue weighted by molar-refractivity contribution is -0.0123. The van der Waals surface area contributed by atoms with Gasteiger partial charge in [-0.2, -0.15) is 25.2 Å². The normalized spacial score (nSPS) is 28.4. The van der Waals surface area contributed by atoms with Gasteiger partial charge in [0.2, 0.25) is 23.5 Å². The molecule has 6 heterocycles. The SMILES string of the molecule is C[C@@H]1CCCc2sc(N)c(C#N)c21.Cc1nc(-c2nc(O[C@@H](C)[C@@]34CCCN3C[C@H](F)C4)nc(N3CCOC[C@@](C)(O)C3)n2)no1. The van der Waals surface area contributed by atoms with Crippen LogP contribution in [0.15, 0.2) is 4.52 Å². The van der Waals surface area contributed by atoms with Gasteiger partial charge in [0, 0.05) is 31.3 Å². The van der Waals surface area contributed by atoms with Gasteiger partial charge in [0.1, 0.15) is 28.9 Å². The molecule has 3 aromatic heterocycles. The fourth-order valence-electron chi connectivity index (χ4n) is 7.29. The van der Waals surface area contributed by atoms with E-state index in [9.17, 15) is 9.50 Å². The van der Waals surface area contributed by atoms with E-state index in [-0.39, 0.29) is 42.5 Å². The molecule has 5 atom stereocenters. The average molecular weight is 656 g/mol. The van der Waals surface area contributed by atoms with Gasteiger partial charge >= 0.3 is 6.01 Å². The van der Waals surface area contributed by atoms with Crippen molar-refractivity contribution in [3.05, 3.63) is 21.9 Å². The van der Waals surface area contributed by atoms with E-state index in [2.05, 4.69) is 43.0 Å². The zero-order valence-electron chi connectivity index (χ0n) is 26.8. The van der Waals surface area contributed by atoms with Crippen LogP contribution in [0.25, 0.3) is 11.6 Å². The zero-order valence-corrected chi connectivity index (χ0v) is 27.6. The maximum absolute atomic E-state index is 14.3. The van der Waals surface area contributed by atoms with Crippen molar-refractivity contribution < 1.29 is 23.5 Å². The number of ether oxygens (including phenoxy) is 2. The van der Waals surface area contributed by atoms with Crippen molar-refractivity contribution in [1.29, 1.82) is 5.26 Å². The summed E-state index contributed by atoms with van der Waals surface area (Å²) in [5, 5.41) is 24.2. The van der Waals surface area contributed by atoms with Crippen LogP contribution in [0.1, 0.15) is 80.7 Å². The highest BCUT2D eigenvalue weighted by molar-refractivity contribution is 7.16. The number of nitrogens with two attached hydrogens (primary N) is 1. The maximum atomic E-state index is 14.3. The Morgan fingerprint density at radius 1 is 1.22 bits per heavy atom. The number of β-amino-alcohol motifs (C(OH)–C–C–N with tert-alkyl or cyclic N) is 1. The Hall–Kier alpha value is -3.45. The van der Waals surface area contributed by atoms with Crippen molar-refractivity contribution in [2.75, 3.05) is 50.0 Å². The minimum absolute atomic E-state index is 0.110. The molecule has 3 saturated heterocycles. The van der Waals surface area contributed by atoms with Crippen LogP contribution in [0, 0.1) is 18.3 Å². The third-order valence-electron chi connectivity index (χ3n) is 9.46. The smallest absolute Gasteiger partial charge is 0.322 e. The second kappa shape index (κ2) is 13.0. The van der Waals surface area contributed by atoms with E-state index in [1.165, 1.54) is 23.3 Å². The van der Waals surface area contributed by atoms with Gasteiger partial charge in [0.05, 0.1) is 30.9 Å². The molecule has 3 N–H and O–H groups in total. The first-order valence-corrected chi connectivity index (χ1v) is 16.8. The summed E-state index contributed by atoms with van der Waals surface area (Å²) in [5.74, 6) is 1.66. The highest BCUT2D eigenvalue weighted by atomic mass is 32.1. The van der Waals surface area contributed by atoms with Gasteiger partial charge in [-0.1, -0.05) is 12.1 Å². The summed E-state index contributed by atoms with van der Waals surface area (Å²) >= 11 is 1.60. The lowest BCUT2D eigenvalue weighted by Crippen LogP contribution is -2.50. The predicted octanol–water partition coefficient (Wildman–Crippen LogP) is 3.80. The number of halogens is 1. The monoisotopic (exact) mass is 655 g/mol. The molecule has 0 bridgehead atoms. The van der Waals surface area contributed by atoms with Gasteiger partial charge < -0.3 is 29.7 Å². The molecular formula is C31H42FN9O4S. The summed E-state index contributed by atoms with van der Waals surface area (Å²) in [6.07, 6.45) is 4.67. The van der Waals surface area contributed by atoms with Gasteiger partial charge in [-0.3, -0.25) is 4.90 Å². The molecular weight excluding hydrogens is 613 g/mol. The van der Waals surface area contributed by atoms with Crippen LogP contribution in [0.3, 0.4) is 0 Å². The molecule has 46 heavy (non-hydrogen) atoms. The summed E-state index contributed by atoms with van der Waals surface area (Å²) in [7, 11) is 0. The Balaban J connectivity index is 0.000000238. The molecule has 0 unspecified atom stereocenters. The van der Waals surface area contributed by atoms with Gasteiger partial charge in [-0.15, -0.1) is 11.3 Å². The largest absolute Gasteiger partial charge is 0.458 e. The van der Waals surface area contributed by atoms with E-state index in [0.29, 0.717) is 48.9 Å². The Kier molecular flexibility index (Phi) is 9.17. The van der Waals surface area contributed by atoms with E-state index in [1.807, 2.05) is 11.8 Å². The van der Waals surface area contributed by atoms with E-state index >= 15 is 0 Å². The molecule has 4 aliphatic rings. The fraction of sp³-hybridized carbons (Fsp3) is 0.677. The second-order valence-corrected chi connectivity index (χ2v) is 14.3. The number of nitrogens with zero attached hydrogens (tertiary/aromatic N) is 8. The molecule has 0 amide bonds. The van der Waals surface area contributed by atoms with Crippen LogP contribution in [0.2, 0.25) is 0 Å². The van der Waals surface area contributed by atoms with Crippen molar-refractivity contribution in [3.8, 4) is 23.7 Å². The molecule has 3 aliphatic heterocycles. The van der Waals surface area contributed by atoms with Crippen LogP contribution in [-0.4, -0.2) is 97.9 Å². The molecule has 0 saturated carbocycles. The van der Waals surface area contributed by atoms with Crippen LogP contribution < -0.4 is 15.4 Å². The van der Waals surface area contributed by atoms with Crippen molar-refractivity contribution in [1.82, 2.24) is 30.0 Å². The zero-order chi connectivity index (χ0) is 32.6. The number of aromatic nitrogens is 5. The number of alkyl halides is 1. The van der Waals surface area contributed by atoms with Crippen LogP contribution >= 0.6 is 11.3 Å². The Morgan fingerprint density at radius 3 is 2.80 bits per heavy atom. The van der Waals surface area contributed by atoms with E-state index < -0.39 is 11.8 Å². The van der Waals surface area contributed by atoms with Crippen LogP contribution in [0.4, 0.5) is 15.3 Å². The van der Waals surface area contributed by atoms with E-state index in [1.54, 1.807) is 25.2 Å². The van der Waals surface area contributed by atoms with E-state index in [4.69, 9.17) is 25.0 Å². The van der Waals surface area contributed by atoms with Gasteiger partial charge in [-0.05, 0) is 64.0 Å². The molecule has 0 radical (unpaired) electrons. The number of nitriles is 1. The lowest BCUT2D eigenvalue weighted by Gasteiger charge is -2.37. The fourth-order valence-corrected chi connectivity index (χ4v) is 8.47. The average Bonchev–Trinajstić information content (AvgIpc) is 3.74. The summed E-state index contributed by atoms with van der Waals surface area (Å²) in [5.41, 5.74) is 6.33. The molecule has 13 nitrogen and oxygen atoms in total. The third-order valence-corrected chi connectivity index (χ3v) is 10.6. The summed E-state index contributed by atoms with van der Waals surface area (Å²) < 4.78 is 31.2. The van der Waals surface area contributed by atoms with Gasteiger partial charge in [0.25, 0.3) is 0 Å². The van der Waals surface area contributed by atoms with Crippen molar-refractivity contribution in [2.24, 2.45) is 0 Å².